The van der Waals surface area contributed by atoms with Crippen molar-refractivity contribution in [2.75, 3.05) is 60.7 Å². The molecule has 0 radical (unpaired) electrons. The lowest BCUT2D eigenvalue weighted by molar-refractivity contribution is -0.870. The van der Waals surface area contributed by atoms with Crippen LogP contribution in [0.3, 0.4) is 0 Å². The molecule has 41 heavy (non-hydrogen) atoms. The number of carbonyl (C=O) groups is 2. The zero-order valence-corrected chi connectivity index (χ0v) is 28.5. The van der Waals surface area contributed by atoms with E-state index >= 15 is 0 Å². The fourth-order valence-electron chi connectivity index (χ4n) is 4.75. The maximum atomic E-state index is 12.1. The van der Waals surface area contributed by atoms with Crippen molar-refractivity contribution >= 4 is 11.8 Å². The fraction of sp³-hybridized carbons (Fsp3) is 0.941. The molecule has 0 aromatic carbocycles. The highest BCUT2D eigenvalue weighted by Crippen LogP contribution is 2.23. The molecule has 0 amide bonds. The van der Waals surface area contributed by atoms with Crippen molar-refractivity contribution in [2.45, 2.75) is 125 Å². The molecule has 4 atom stereocenters. The van der Waals surface area contributed by atoms with Gasteiger partial charge in [-0.05, 0) is 37.0 Å². The first-order valence-corrected chi connectivity index (χ1v) is 16.5. The molecule has 0 aromatic heterocycles. The predicted octanol–water partition coefficient (Wildman–Crippen LogP) is 7.45. The maximum absolute atomic E-state index is 12.1. The van der Waals surface area contributed by atoms with Crippen LogP contribution in [0.5, 0.6) is 0 Å². The molecule has 0 bridgehead atoms. The monoisotopic (exact) mass is 587 g/mol. The van der Waals surface area contributed by atoms with Crippen molar-refractivity contribution in [3.05, 3.63) is 0 Å². The molecule has 0 spiro atoms. The zero-order valence-electron chi connectivity index (χ0n) is 28.5. The molecule has 0 aliphatic carbocycles. The number of carbonyl (C=O) groups excluding carboxylic acids is 2. The van der Waals surface area contributed by atoms with Crippen LogP contribution >= 0.6 is 0 Å². The van der Waals surface area contributed by atoms with Gasteiger partial charge in [0.05, 0.1) is 54.2 Å². The molecular formula is C34H68NO6+. The number of hydrogen-bond donors (Lipinski definition) is 0. The number of ether oxygens (including phenoxy) is 4. The van der Waals surface area contributed by atoms with E-state index in [1.165, 1.54) is 64.7 Å². The van der Waals surface area contributed by atoms with Crippen LogP contribution in [-0.2, 0) is 28.5 Å². The summed E-state index contributed by atoms with van der Waals surface area (Å²) in [4.78, 5) is 23.4. The average molecular weight is 587 g/mol. The molecule has 4 unspecified atom stereocenters. The summed E-state index contributed by atoms with van der Waals surface area (Å²) in [5.41, 5.74) is 0. The molecule has 7 nitrogen and oxygen atoms in total. The van der Waals surface area contributed by atoms with Crippen LogP contribution in [0.15, 0.2) is 0 Å². The molecule has 244 valence electrons. The van der Waals surface area contributed by atoms with Gasteiger partial charge in [-0.25, -0.2) is 0 Å². The summed E-state index contributed by atoms with van der Waals surface area (Å²) in [6.45, 7) is 16.7. The summed E-state index contributed by atoms with van der Waals surface area (Å²) in [6.07, 6.45) is 12.3. The Labute approximate surface area is 254 Å². The summed E-state index contributed by atoms with van der Waals surface area (Å²) >= 11 is 0. The summed E-state index contributed by atoms with van der Waals surface area (Å²) in [6, 6.07) is 0. The van der Waals surface area contributed by atoms with Crippen LogP contribution in [0.1, 0.15) is 119 Å². The summed E-state index contributed by atoms with van der Waals surface area (Å²) in [7, 11) is 6.40. The van der Waals surface area contributed by atoms with Gasteiger partial charge >= 0.3 is 5.97 Å². The number of likely N-dealkylation sites (N-methyl/N-ethyl adjacent to an activating group) is 1. The van der Waals surface area contributed by atoms with Gasteiger partial charge in [-0.1, -0.05) is 92.4 Å². The second-order valence-electron chi connectivity index (χ2n) is 14.0. The minimum absolute atomic E-state index is 0.213. The highest BCUT2D eigenvalue weighted by atomic mass is 16.7. The lowest BCUT2D eigenvalue weighted by atomic mass is 9.91. The molecule has 0 heterocycles. The molecule has 0 N–H and O–H groups in total. The Morgan fingerprint density at radius 1 is 0.610 bits per heavy atom. The van der Waals surface area contributed by atoms with E-state index in [0.29, 0.717) is 45.4 Å². The third-order valence-corrected chi connectivity index (χ3v) is 7.61. The van der Waals surface area contributed by atoms with Crippen LogP contribution in [0, 0.1) is 23.7 Å². The van der Waals surface area contributed by atoms with Gasteiger partial charge in [0.1, 0.15) is 18.7 Å². The fourth-order valence-corrected chi connectivity index (χ4v) is 4.75. The first kappa shape index (κ1) is 40.0. The SMILES string of the molecule is CC(=O)CC(=O)OC(CCOCCOCC[N+](C)(C)C)OCCC(C)CCCC(C)CCCC(C)CCCC(C)C. The van der Waals surface area contributed by atoms with E-state index in [1.807, 2.05) is 0 Å². The molecule has 7 heteroatoms. The van der Waals surface area contributed by atoms with Crippen molar-refractivity contribution < 1.29 is 33.0 Å². The summed E-state index contributed by atoms with van der Waals surface area (Å²) in [5, 5.41) is 0. The van der Waals surface area contributed by atoms with Gasteiger partial charge in [-0.15, -0.1) is 0 Å². The molecule has 0 aromatic rings. The number of esters is 1. The Kier molecular flexibility index (Phi) is 23.8. The van der Waals surface area contributed by atoms with Gasteiger partial charge in [0, 0.05) is 6.42 Å². The lowest BCUT2D eigenvalue weighted by Gasteiger charge is -2.23. The van der Waals surface area contributed by atoms with Gasteiger partial charge in [0.2, 0.25) is 6.29 Å². The molecule has 0 aliphatic heterocycles. The van der Waals surface area contributed by atoms with E-state index in [4.69, 9.17) is 18.9 Å². The second-order valence-corrected chi connectivity index (χ2v) is 14.0. The van der Waals surface area contributed by atoms with Crippen molar-refractivity contribution in [3.63, 3.8) is 0 Å². The van der Waals surface area contributed by atoms with Crippen molar-refractivity contribution in [3.8, 4) is 0 Å². The van der Waals surface area contributed by atoms with Gasteiger partial charge in [0.25, 0.3) is 0 Å². The third-order valence-electron chi connectivity index (χ3n) is 7.61. The molecule has 0 aliphatic rings. The Hall–Kier alpha value is -1.02. The van der Waals surface area contributed by atoms with Gasteiger partial charge in [0.15, 0.2) is 0 Å². The van der Waals surface area contributed by atoms with E-state index in [-0.39, 0.29) is 12.2 Å². The maximum Gasteiger partial charge on any atom is 0.315 e. The number of Topliss-reactive ketones (excluding diaryl/α,β-unsaturated/α-hetero) is 1. The van der Waals surface area contributed by atoms with E-state index in [1.54, 1.807) is 0 Å². The second kappa shape index (κ2) is 24.4. The highest BCUT2D eigenvalue weighted by molar-refractivity contribution is 5.94. The topological polar surface area (TPSA) is 71.1 Å². The van der Waals surface area contributed by atoms with E-state index in [2.05, 4.69) is 55.8 Å². The number of nitrogens with zero attached hydrogens (tertiary/aromatic N) is 1. The minimum atomic E-state index is -0.694. The van der Waals surface area contributed by atoms with Gasteiger partial charge in [-0.2, -0.15) is 0 Å². The standard InChI is InChI=1S/C34H68NO6/c1-28(2)13-10-14-29(3)15-11-16-30(4)17-12-18-31(5)19-23-40-34(41-33(37)27-32(6)36)20-22-38-25-26-39-24-21-35(7,8)9/h28-31,34H,10-27H2,1-9H3/q+1. The molecule has 0 rings (SSSR count). The highest BCUT2D eigenvalue weighted by Gasteiger charge is 2.17. The summed E-state index contributed by atoms with van der Waals surface area (Å²) < 4.78 is 23.5. The van der Waals surface area contributed by atoms with Crippen LogP contribution < -0.4 is 0 Å². The van der Waals surface area contributed by atoms with Crippen molar-refractivity contribution in [1.29, 1.82) is 0 Å². The first-order chi connectivity index (χ1) is 19.3. The van der Waals surface area contributed by atoms with Crippen LogP contribution in [0.25, 0.3) is 0 Å². The summed E-state index contributed by atoms with van der Waals surface area (Å²) in [5.74, 6) is 2.26. The van der Waals surface area contributed by atoms with Crippen LogP contribution in [-0.4, -0.2) is 83.2 Å². The molecule has 0 fully saturated rings. The largest absolute Gasteiger partial charge is 0.435 e. The van der Waals surface area contributed by atoms with E-state index in [0.717, 1.165) is 35.2 Å². The number of rotatable bonds is 28. The Morgan fingerprint density at radius 2 is 1.10 bits per heavy atom. The van der Waals surface area contributed by atoms with Crippen molar-refractivity contribution in [1.82, 2.24) is 0 Å². The van der Waals surface area contributed by atoms with Gasteiger partial charge in [-0.3, -0.25) is 9.59 Å². The average Bonchev–Trinajstić information content (AvgIpc) is 2.84. The molecule has 0 saturated carbocycles. The minimum Gasteiger partial charge on any atom is -0.435 e. The van der Waals surface area contributed by atoms with Crippen LogP contribution in [0.4, 0.5) is 0 Å². The Morgan fingerprint density at radius 3 is 1.59 bits per heavy atom. The Balaban J connectivity index is 4.15. The van der Waals surface area contributed by atoms with E-state index < -0.39 is 12.3 Å². The lowest BCUT2D eigenvalue weighted by Crippen LogP contribution is -2.37. The van der Waals surface area contributed by atoms with E-state index in [9.17, 15) is 9.59 Å². The quantitative estimate of drug-likeness (QED) is 0.0312. The molecular weight excluding hydrogens is 518 g/mol. The normalized spacial score (nSPS) is 15.1. The smallest absolute Gasteiger partial charge is 0.315 e. The number of quaternary nitrogens is 1. The predicted molar refractivity (Wildman–Crippen MR) is 169 cm³/mol. The zero-order chi connectivity index (χ0) is 31.1. The molecule has 0 saturated heterocycles. The number of ketones is 1. The van der Waals surface area contributed by atoms with Crippen LogP contribution in [0.2, 0.25) is 0 Å². The third kappa shape index (κ3) is 28.9. The first-order valence-electron chi connectivity index (χ1n) is 16.5. The van der Waals surface area contributed by atoms with Crippen molar-refractivity contribution in [2.24, 2.45) is 23.7 Å². The number of hydrogen-bond acceptors (Lipinski definition) is 6. The Bertz CT molecular complexity index is 648. The van der Waals surface area contributed by atoms with Gasteiger partial charge < -0.3 is 23.4 Å².